The number of hydrogen-bond donors (Lipinski definition) is 2. The van der Waals surface area contributed by atoms with Gasteiger partial charge in [-0.3, -0.25) is 4.79 Å². The third-order valence-electron chi connectivity index (χ3n) is 3.26. The Labute approximate surface area is 154 Å². The van der Waals surface area contributed by atoms with Crippen molar-refractivity contribution in [3.8, 4) is 11.5 Å². The van der Waals surface area contributed by atoms with Crippen LogP contribution in [0.4, 0.5) is 14.5 Å². The Hall–Kier alpha value is -2.48. The first-order valence-electron chi connectivity index (χ1n) is 7.94. The topological polar surface area (TPSA) is 73.6 Å². The number of benzene rings is 2. The summed E-state index contributed by atoms with van der Waals surface area (Å²) in [5.74, 6) is 0.0691. The van der Waals surface area contributed by atoms with Gasteiger partial charge in [0.15, 0.2) is 11.5 Å². The maximum absolute atomic E-state index is 12.5. The van der Waals surface area contributed by atoms with Crippen molar-refractivity contribution in [3.63, 3.8) is 0 Å². The molecule has 0 aliphatic heterocycles. The highest BCUT2D eigenvalue weighted by molar-refractivity contribution is 8.00. The van der Waals surface area contributed by atoms with E-state index < -0.39 is 6.61 Å². The number of primary amides is 1. The molecule has 0 spiro atoms. The molecule has 0 aliphatic rings. The first kappa shape index (κ1) is 19.8. The number of nitrogens with one attached hydrogen (secondary N) is 1. The summed E-state index contributed by atoms with van der Waals surface area (Å²) in [6.45, 7) is -0.359. The van der Waals surface area contributed by atoms with Gasteiger partial charge in [0.05, 0.1) is 12.4 Å². The van der Waals surface area contributed by atoms with Crippen LogP contribution >= 0.6 is 11.8 Å². The van der Waals surface area contributed by atoms with Crippen molar-refractivity contribution in [2.75, 3.05) is 17.7 Å². The van der Waals surface area contributed by atoms with Crippen LogP contribution in [0.25, 0.3) is 0 Å². The molecule has 2 aromatic rings. The second-order valence-electron chi connectivity index (χ2n) is 5.20. The number of carbonyl (C=O) groups excluding carboxylic acids is 1. The van der Waals surface area contributed by atoms with Crippen molar-refractivity contribution in [2.45, 2.75) is 25.0 Å². The van der Waals surface area contributed by atoms with E-state index in [2.05, 4.69) is 10.1 Å². The molecule has 0 heterocycles. The molecule has 0 atom stereocenters. The lowest BCUT2D eigenvalue weighted by Crippen LogP contribution is -2.13. The van der Waals surface area contributed by atoms with E-state index in [9.17, 15) is 13.6 Å². The number of anilines is 1. The van der Waals surface area contributed by atoms with Gasteiger partial charge in [0.1, 0.15) is 0 Å². The van der Waals surface area contributed by atoms with Crippen molar-refractivity contribution in [1.29, 1.82) is 0 Å². The summed E-state index contributed by atoms with van der Waals surface area (Å²) < 4.78 is 34.8. The minimum absolute atomic E-state index is 0.00279. The molecule has 0 aliphatic carbocycles. The van der Waals surface area contributed by atoms with E-state index in [0.717, 1.165) is 16.1 Å². The lowest BCUT2D eigenvalue weighted by molar-refractivity contribution is -0.115. The summed E-state index contributed by atoms with van der Waals surface area (Å²) in [7, 11) is 0. The number of nitrogens with two attached hydrogens (primary N) is 1. The molecule has 0 unspecified atom stereocenters. The molecule has 0 saturated carbocycles. The molecule has 2 rings (SSSR count). The third kappa shape index (κ3) is 6.11. The highest BCUT2D eigenvalue weighted by Gasteiger charge is 2.12. The zero-order chi connectivity index (χ0) is 18.9. The van der Waals surface area contributed by atoms with Crippen LogP contribution in [0.2, 0.25) is 0 Å². The number of alkyl halides is 2. The van der Waals surface area contributed by atoms with Crippen LogP contribution in [0, 0.1) is 0 Å². The summed E-state index contributed by atoms with van der Waals surface area (Å²) in [6.07, 6.45) is 0. The number of hydrogen-bond acceptors (Lipinski definition) is 5. The molecule has 26 heavy (non-hydrogen) atoms. The van der Waals surface area contributed by atoms with Crippen LogP contribution < -0.4 is 20.5 Å². The minimum atomic E-state index is -2.91. The molecule has 140 valence electrons. The van der Waals surface area contributed by atoms with E-state index in [1.54, 1.807) is 19.1 Å². The van der Waals surface area contributed by atoms with E-state index >= 15 is 0 Å². The van der Waals surface area contributed by atoms with Crippen LogP contribution in [-0.4, -0.2) is 24.9 Å². The minimum Gasteiger partial charge on any atom is -0.490 e. The van der Waals surface area contributed by atoms with E-state index in [1.165, 1.54) is 17.8 Å². The Morgan fingerprint density at radius 3 is 2.69 bits per heavy atom. The number of rotatable bonds is 10. The van der Waals surface area contributed by atoms with Gasteiger partial charge in [0, 0.05) is 17.1 Å². The molecule has 0 saturated heterocycles. The summed E-state index contributed by atoms with van der Waals surface area (Å²) in [4.78, 5) is 11.9. The van der Waals surface area contributed by atoms with E-state index in [-0.39, 0.29) is 23.2 Å². The quantitative estimate of drug-likeness (QED) is 0.610. The highest BCUT2D eigenvalue weighted by atomic mass is 32.2. The molecular weight excluding hydrogens is 362 g/mol. The van der Waals surface area contributed by atoms with Gasteiger partial charge >= 0.3 is 6.61 Å². The summed E-state index contributed by atoms with van der Waals surface area (Å²) in [5, 5.41) is 3.27. The van der Waals surface area contributed by atoms with Crippen molar-refractivity contribution < 1.29 is 23.0 Å². The fraction of sp³-hybridized carbons (Fsp3) is 0.278. The van der Waals surface area contributed by atoms with Crippen LogP contribution in [0.15, 0.2) is 47.4 Å². The zero-order valence-corrected chi connectivity index (χ0v) is 15.0. The maximum Gasteiger partial charge on any atom is 0.387 e. The average molecular weight is 382 g/mol. The molecule has 5 nitrogen and oxygen atoms in total. The molecule has 1 amide bonds. The predicted octanol–water partition coefficient (Wildman–Crippen LogP) is 3.88. The number of para-hydroxylation sites is 1. The van der Waals surface area contributed by atoms with E-state index in [0.29, 0.717) is 13.2 Å². The fourth-order valence-electron chi connectivity index (χ4n) is 2.21. The van der Waals surface area contributed by atoms with Gasteiger partial charge in [-0.25, -0.2) is 0 Å². The second kappa shape index (κ2) is 9.86. The second-order valence-corrected chi connectivity index (χ2v) is 6.21. The van der Waals surface area contributed by atoms with Crippen molar-refractivity contribution in [3.05, 3.63) is 48.0 Å². The van der Waals surface area contributed by atoms with Gasteiger partial charge in [-0.05, 0) is 36.8 Å². The van der Waals surface area contributed by atoms with Gasteiger partial charge < -0.3 is 20.5 Å². The number of ether oxygens (including phenoxy) is 2. The number of halogens is 2. The van der Waals surface area contributed by atoms with Crippen LogP contribution in [0.5, 0.6) is 11.5 Å². The highest BCUT2D eigenvalue weighted by Crippen LogP contribution is 2.31. The van der Waals surface area contributed by atoms with Crippen LogP contribution in [0.1, 0.15) is 12.5 Å². The van der Waals surface area contributed by atoms with Crippen LogP contribution in [0.3, 0.4) is 0 Å². The zero-order valence-electron chi connectivity index (χ0n) is 14.2. The molecule has 0 radical (unpaired) electrons. The van der Waals surface area contributed by atoms with Crippen LogP contribution in [-0.2, 0) is 11.3 Å². The van der Waals surface area contributed by atoms with Gasteiger partial charge in [-0.15, -0.1) is 11.8 Å². The van der Waals surface area contributed by atoms with Gasteiger partial charge in [-0.2, -0.15) is 8.78 Å². The molecule has 8 heteroatoms. The Bertz CT molecular complexity index is 744. The van der Waals surface area contributed by atoms with Gasteiger partial charge in [-0.1, -0.05) is 18.2 Å². The molecular formula is C18H20F2N2O3S. The summed E-state index contributed by atoms with van der Waals surface area (Å²) in [6, 6.07) is 12.3. The summed E-state index contributed by atoms with van der Waals surface area (Å²) in [5.41, 5.74) is 6.88. The lowest BCUT2D eigenvalue weighted by Gasteiger charge is -2.14. The molecule has 0 bridgehead atoms. The largest absolute Gasteiger partial charge is 0.490 e. The number of amides is 1. The first-order valence-corrected chi connectivity index (χ1v) is 8.92. The molecule has 0 aromatic heterocycles. The average Bonchev–Trinajstić information content (AvgIpc) is 2.60. The van der Waals surface area contributed by atoms with Gasteiger partial charge in [0.25, 0.3) is 0 Å². The first-order chi connectivity index (χ1) is 12.5. The third-order valence-corrected chi connectivity index (χ3v) is 4.36. The van der Waals surface area contributed by atoms with E-state index in [4.69, 9.17) is 10.5 Å². The Morgan fingerprint density at radius 2 is 2.00 bits per heavy atom. The number of carbonyl (C=O) groups is 1. The number of thioether (sulfide) groups is 1. The standard InChI is InChI=1S/C18H20F2N2O3S/c1-2-24-15-9-12(7-8-14(15)25-18(19)20)10-22-13-5-3-4-6-16(13)26-11-17(21)23/h3-9,18,22H,2,10-11H2,1H3,(H2,21,23). The smallest absolute Gasteiger partial charge is 0.387 e. The predicted molar refractivity (Wildman–Crippen MR) is 97.9 cm³/mol. The Morgan fingerprint density at radius 1 is 1.23 bits per heavy atom. The normalized spacial score (nSPS) is 10.6. The monoisotopic (exact) mass is 382 g/mol. The lowest BCUT2D eigenvalue weighted by atomic mass is 10.2. The SMILES string of the molecule is CCOc1cc(CNc2ccccc2SCC(N)=O)ccc1OC(F)F. The van der Waals surface area contributed by atoms with Gasteiger partial charge in [0.2, 0.25) is 5.91 Å². The Kier molecular flexibility index (Phi) is 7.53. The van der Waals surface area contributed by atoms with Crippen molar-refractivity contribution in [1.82, 2.24) is 0 Å². The Balaban J connectivity index is 2.09. The fourth-order valence-corrected chi connectivity index (χ4v) is 2.98. The maximum atomic E-state index is 12.5. The molecule has 2 aromatic carbocycles. The van der Waals surface area contributed by atoms with Crippen molar-refractivity contribution >= 4 is 23.4 Å². The van der Waals surface area contributed by atoms with Crippen molar-refractivity contribution in [2.24, 2.45) is 5.73 Å². The van der Waals surface area contributed by atoms with E-state index in [1.807, 2.05) is 24.3 Å². The molecule has 3 N–H and O–H groups in total. The summed E-state index contributed by atoms with van der Waals surface area (Å²) >= 11 is 1.35. The molecule has 0 fully saturated rings.